The zero-order valence-corrected chi connectivity index (χ0v) is 11.0. The summed E-state index contributed by atoms with van der Waals surface area (Å²) in [4.78, 5) is 2.28. The molecule has 1 rings (SSSR count). The van der Waals surface area contributed by atoms with Crippen molar-refractivity contribution in [2.75, 3.05) is 20.1 Å². The first-order valence-corrected chi connectivity index (χ1v) is 6.08. The number of hydrogen-bond acceptors (Lipinski definition) is 2. The Balaban J connectivity index is 2.61. The standard InChI is InChI=1S/C13H21ClN2/c1-10(9-16(3)11(2)8-15)12-5-4-6-13(14)7-12/h4-7,10-11H,8-9,15H2,1-3H3. The lowest BCUT2D eigenvalue weighted by Crippen LogP contribution is -2.37. The van der Waals surface area contributed by atoms with Crippen LogP contribution in [-0.2, 0) is 0 Å². The van der Waals surface area contributed by atoms with E-state index in [1.807, 2.05) is 18.2 Å². The molecule has 90 valence electrons. The maximum absolute atomic E-state index is 5.98. The number of likely N-dealkylation sites (N-methyl/N-ethyl adjacent to an activating group) is 1. The van der Waals surface area contributed by atoms with Crippen LogP contribution in [-0.4, -0.2) is 31.1 Å². The predicted octanol–water partition coefficient (Wildman–Crippen LogP) is 2.72. The van der Waals surface area contributed by atoms with E-state index >= 15 is 0 Å². The van der Waals surface area contributed by atoms with E-state index in [0.29, 0.717) is 18.5 Å². The summed E-state index contributed by atoms with van der Waals surface area (Å²) in [6, 6.07) is 8.48. The van der Waals surface area contributed by atoms with Crippen LogP contribution in [0, 0.1) is 0 Å². The Morgan fingerprint density at radius 1 is 1.38 bits per heavy atom. The van der Waals surface area contributed by atoms with Crippen LogP contribution in [0.5, 0.6) is 0 Å². The molecule has 1 aromatic carbocycles. The van der Waals surface area contributed by atoms with Gasteiger partial charge in [-0.3, -0.25) is 0 Å². The van der Waals surface area contributed by atoms with Crippen molar-refractivity contribution < 1.29 is 0 Å². The molecule has 0 aliphatic carbocycles. The highest BCUT2D eigenvalue weighted by Crippen LogP contribution is 2.20. The van der Waals surface area contributed by atoms with Crippen molar-refractivity contribution in [3.05, 3.63) is 34.9 Å². The fraction of sp³-hybridized carbons (Fsp3) is 0.538. The van der Waals surface area contributed by atoms with E-state index in [1.54, 1.807) is 0 Å². The molecule has 0 radical (unpaired) electrons. The van der Waals surface area contributed by atoms with E-state index < -0.39 is 0 Å². The van der Waals surface area contributed by atoms with Crippen molar-refractivity contribution in [1.29, 1.82) is 0 Å². The molecule has 0 amide bonds. The molecule has 2 atom stereocenters. The van der Waals surface area contributed by atoms with Crippen LogP contribution in [0.1, 0.15) is 25.3 Å². The van der Waals surface area contributed by atoms with Crippen molar-refractivity contribution >= 4 is 11.6 Å². The van der Waals surface area contributed by atoms with Gasteiger partial charge in [0.05, 0.1) is 0 Å². The van der Waals surface area contributed by atoms with Gasteiger partial charge in [-0.2, -0.15) is 0 Å². The minimum atomic E-state index is 0.418. The first-order chi connectivity index (χ1) is 7.54. The van der Waals surface area contributed by atoms with Crippen molar-refractivity contribution in [2.45, 2.75) is 25.8 Å². The van der Waals surface area contributed by atoms with Gasteiger partial charge in [-0.25, -0.2) is 0 Å². The van der Waals surface area contributed by atoms with E-state index in [2.05, 4.69) is 31.9 Å². The molecule has 2 unspecified atom stereocenters. The third-order valence-corrected chi connectivity index (χ3v) is 3.31. The minimum absolute atomic E-state index is 0.418. The van der Waals surface area contributed by atoms with Gasteiger partial charge in [0.2, 0.25) is 0 Å². The molecule has 0 heterocycles. The maximum Gasteiger partial charge on any atom is 0.0408 e. The van der Waals surface area contributed by atoms with Crippen LogP contribution in [0.25, 0.3) is 0 Å². The summed E-state index contributed by atoms with van der Waals surface area (Å²) in [5.74, 6) is 0.470. The fourth-order valence-electron chi connectivity index (χ4n) is 1.71. The molecule has 0 bridgehead atoms. The summed E-state index contributed by atoms with van der Waals surface area (Å²) in [6.45, 7) is 6.05. The van der Waals surface area contributed by atoms with Crippen LogP contribution in [0.15, 0.2) is 24.3 Å². The lowest BCUT2D eigenvalue weighted by molar-refractivity contribution is 0.251. The second-order valence-corrected chi connectivity index (χ2v) is 4.92. The summed E-state index contributed by atoms with van der Waals surface area (Å²) in [5, 5.41) is 0.805. The first-order valence-electron chi connectivity index (χ1n) is 5.70. The highest BCUT2D eigenvalue weighted by molar-refractivity contribution is 6.30. The van der Waals surface area contributed by atoms with Crippen molar-refractivity contribution in [3.63, 3.8) is 0 Å². The third-order valence-electron chi connectivity index (χ3n) is 3.07. The zero-order chi connectivity index (χ0) is 12.1. The Kier molecular flexibility index (Phi) is 5.26. The van der Waals surface area contributed by atoms with Gasteiger partial charge >= 0.3 is 0 Å². The molecule has 16 heavy (non-hydrogen) atoms. The van der Waals surface area contributed by atoms with Gasteiger partial charge in [-0.1, -0.05) is 30.7 Å². The zero-order valence-electron chi connectivity index (χ0n) is 10.3. The lowest BCUT2D eigenvalue weighted by atomic mass is 10.0. The van der Waals surface area contributed by atoms with Crippen molar-refractivity contribution in [2.24, 2.45) is 5.73 Å². The van der Waals surface area contributed by atoms with Gasteiger partial charge in [0.1, 0.15) is 0 Å². The number of benzene rings is 1. The van der Waals surface area contributed by atoms with Crippen LogP contribution in [0.4, 0.5) is 0 Å². The van der Waals surface area contributed by atoms with Gasteiger partial charge in [-0.05, 0) is 37.6 Å². The smallest absolute Gasteiger partial charge is 0.0408 e. The molecule has 2 nitrogen and oxygen atoms in total. The number of nitrogens with two attached hydrogens (primary N) is 1. The van der Waals surface area contributed by atoms with Gasteiger partial charge in [0, 0.05) is 24.2 Å². The Morgan fingerprint density at radius 2 is 2.06 bits per heavy atom. The molecule has 0 saturated carbocycles. The maximum atomic E-state index is 5.98. The predicted molar refractivity (Wildman–Crippen MR) is 71.0 cm³/mol. The van der Waals surface area contributed by atoms with Gasteiger partial charge in [-0.15, -0.1) is 0 Å². The lowest BCUT2D eigenvalue weighted by Gasteiger charge is -2.26. The molecule has 1 aromatic rings. The monoisotopic (exact) mass is 240 g/mol. The first kappa shape index (κ1) is 13.5. The molecule has 0 aliphatic heterocycles. The summed E-state index contributed by atoms with van der Waals surface area (Å²) in [7, 11) is 2.11. The van der Waals surface area contributed by atoms with Gasteiger partial charge < -0.3 is 10.6 Å². The highest BCUT2D eigenvalue weighted by Gasteiger charge is 2.12. The summed E-state index contributed by atoms with van der Waals surface area (Å²) >= 11 is 5.98. The molecule has 2 N–H and O–H groups in total. The Morgan fingerprint density at radius 3 is 2.62 bits per heavy atom. The molecule has 0 aromatic heterocycles. The van der Waals surface area contributed by atoms with Crippen molar-refractivity contribution in [3.8, 4) is 0 Å². The Hall–Kier alpha value is -0.570. The molecule has 3 heteroatoms. The molecular formula is C13H21ClN2. The minimum Gasteiger partial charge on any atom is -0.329 e. The SMILES string of the molecule is CC(CN(C)C(C)CN)c1cccc(Cl)c1. The molecule has 0 spiro atoms. The normalized spacial score (nSPS) is 15.1. The number of hydrogen-bond donors (Lipinski definition) is 1. The Bertz CT molecular complexity index is 327. The van der Waals surface area contributed by atoms with E-state index in [1.165, 1.54) is 5.56 Å². The van der Waals surface area contributed by atoms with Crippen LogP contribution >= 0.6 is 11.6 Å². The number of halogens is 1. The largest absolute Gasteiger partial charge is 0.329 e. The van der Waals surface area contributed by atoms with Crippen LogP contribution in [0.3, 0.4) is 0 Å². The summed E-state index contributed by atoms with van der Waals surface area (Å²) in [5.41, 5.74) is 6.93. The average molecular weight is 241 g/mol. The molecule has 0 aliphatic rings. The summed E-state index contributed by atoms with van der Waals surface area (Å²) < 4.78 is 0. The molecule has 0 fully saturated rings. The number of rotatable bonds is 5. The van der Waals surface area contributed by atoms with E-state index in [9.17, 15) is 0 Å². The Labute approximate surface area is 103 Å². The second-order valence-electron chi connectivity index (χ2n) is 4.48. The molecule has 0 saturated heterocycles. The molecular weight excluding hydrogens is 220 g/mol. The second kappa shape index (κ2) is 6.24. The highest BCUT2D eigenvalue weighted by atomic mass is 35.5. The third kappa shape index (κ3) is 3.78. The van der Waals surface area contributed by atoms with E-state index in [4.69, 9.17) is 17.3 Å². The average Bonchev–Trinajstić information content (AvgIpc) is 2.27. The van der Waals surface area contributed by atoms with Crippen LogP contribution in [0.2, 0.25) is 5.02 Å². The van der Waals surface area contributed by atoms with E-state index in [0.717, 1.165) is 11.6 Å². The van der Waals surface area contributed by atoms with Crippen LogP contribution < -0.4 is 5.73 Å². The van der Waals surface area contributed by atoms with Gasteiger partial charge in [0.25, 0.3) is 0 Å². The fourth-order valence-corrected chi connectivity index (χ4v) is 1.91. The number of nitrogens with zero attached hydrogens (tertiary/aromatic N) is 1. The summed E-state index contributed by atoms with van der Waals surface area (Å²) in [6.07, 6.45) is 0. The quantitative estimate of drug-likeness (QED) is 0.858. The van der Waals surface area contributed by atoms with E-state index in [-0.39, 0.29) is 0 Å². The topological polar surface area (TPSA) is 29.3 Å². The van der Waals surface area contributed by atoms with Gasteiger partial charge in [0.15, 0.2) is 0 Å². The van der Waals surface area contributed by atoms with Crippen molar-refractivity contribution in [1.82, 2.24) is 4.90 Å².